The summed E-state index contributed by atoms with van der Waals surface area (Å²) in [6, 6.07) is 10.7. The minimum Gasteiger partial charge on any atom is -0.449 e. The Morgan fingerprint density at radius 1 is 0.963 bits per heavy atom. The molecule has 0 aliphatic rings. The highest BCUT2D eigenvalue weighted by atomic mass is 32.2. The molecule has 3 N–H and O–H groups in total. The number of sulfonamides is 1. The summed E-state index contributed by atoms with van der Waals surface area (Å²) in [5.41, 5.74) is 6.70. The predicted octanol–water partition coefficient (Wildman–Crippen LogP) is 2.50. The van der Waals surface area contributed by atoms with Crippen molar-refractivity contribution in [3.63, 3.8) is 0 Å². The monoisotopic (exact) mass is 391 g/mol. The minimum atomic E-state index is -3.74. The Hall–Kier alpha value is -3.07. The molecule has 0 aliphatic carbocycles. The number of anilines is 1. The van der Waals surface area contributed by atoms with E-state index >= 15 is 0 Å². The Labute approximate surface area is 157 Å². The van der Waals surface area contributed by atoms with Gasteiger partial charge in [-0.05, 0) is 68.3 Å². The second-order valence-corrected chi connectivity index (χ2v) is 7.41. The predicted molar refractivity (Wildman–Crippen MR) is 101 cm³/mol. The Balaban J connectivity index is 2.05. The van der Waals surface area contributed by atoms with Crippen molar-refractivity contribution in [3.05, 3.63) is 59.2 Å². The molecule has 0 spiro atoms. The van der Waals surface area contributed by atoms with Crippen molar-refractivity contribution in [1.82, 2.24) is 10.9 Å². The van der Waals surface area contributed by atoms with Crippen LogP contribution in [0, 0.1) is 13.8 Å². The first-order chi connectivity index (χ1) is 12.7. The SMILES string of the molecule is CCOC(=O)NNC(=O)c1ccc(NS(=O)(=O)c2ccc(C)c(C)c2)cc1. The topological polar surface area (TPSA) is 114 Å². The van der Waals surface area contributed by atoms with Gasteiger partial charge in [-0.1, -0.05) is 6.07 Å². The number of ether oxygens (including phenoxy) is 1. The van der Waals surface area contributed by atoms with Gasteiger partial charge in [0.05, 0.1) is 11.5 Å². The van der Waals surface area contributed by atoms with Gasteiger partial charge in [0.1, 0.15) is 0 Å². The van der Waals surface area contributed by atoms with Gasteiger partial charge in [0, 0.05) is 11.3 Å². The standard InChI is InChI=1S/C18H21N3O5S/c1-4-26-18(23)20-19-17(22)14-6-8-15(9-7-14)21-27(24,25)16-10-5-12(2)13(3)11-16/h5-11,21H,4H2,1-3H3,(H,19,22)(H,20,23). The number of benzene rings is 2. The van der Waals surface area contributed by atoms with E-state index in [9.17, 15) is 18.0 Å². The first-order valence-corrected chi connectivity index (χ1v) is 9.64. The summed E-state index contributed by atoms with van der Waals surface area (Å²) in [5, 5.41) is 0. The van der Waals surface area contributed by atoms with Gasteiger partial charge in [0.25, 0.3) is 15.9 Å². The van der Waals surface area contributed by atoms with Gasteiger partial charge >= 0.3 is 6.09 Å². The first-order valence-electron chi connectivity index (χ1n) is 8.16. The van der Waals surface area contributed by atoms with Crippen LogP contribution in [0.25, 0.3) is 0 Å². The fourth-order valence-corrected chi connectivity index (χ4v) is 3.28. The summed E-state index contributed by atoms with van der Waals surface area (Å²) in [6.45, 7) is 5.56. The molecule has 0 saturated heterocycles. The van der Waals surface area contributed by atoms with Crippen LogP contribution in [0.2, 0.25) is 0 Å². The molecule has 27 heavy (non-hydrogen) atoms. The molecule has 2 aromatic carbocycles. The summed E-state index contributed by atoms with van der Waals surface area (Å²) in [6.07, 6.45) is -0.774. The molecule has 0 aromatic heterocycles. The molecule has 0 atom stereocenters. The molecule has 2 amide bonds. The number of carbonyl (C=O) groups is 2. The van der Waals surface area contributed by atoms with Crippen LogP contribution in [0.4, 0.5) is 10.5 Å². The number of hydrogen-bond acceptors (Lipinski definition) is 5. The van der Waals surface area contributed by atoms with E-state index in [-0.39, 0.29) is 17.1 Å². The maximum Gasteiger partial charge on any atom is 0.426 e. The zero-order valence-electron chi connectivity index (χ0n) is 15.2. The van der Waals surface area contributed by atoms with E-state index in [4.69, 9.17) is 0 Å². The quantitative estimate of drug-likeness (QED) is 0.678. The van der Waals surface area contributed by atoms with Crippen LogP contribution in [0.3, 0.4) is 0 Å². The summed E-state index contributed by atoms with van der Waals surface area (Å²) in [5.74, 6) is -0.563. The summed E-state index contributed by atoms with van der Waals surface area (Å²) in [7, 11) is -3.74. The van der Waals surface area contributed by atoms with Gasteiger partial charge < -0.3 is 4.74 Å². The van der Waals surface area contributed by atoms with E-state index < -0.39 is 22.0 Å². The molecule has 144 valence electrons. The largest absolute Gasteiger partial charge is 0.449 e. The van der Waals surface area contributed by atoms with E-state index in [2.05, 4.69) is 20.3 Å². The molecule has 0 saturated carbocycles. The van der Waals surface area contributed by atoms with Gasteiger partial charge in [0.2, 0.25) is 0 Å². The zero-order valence-corrected chi connectivity index (χ0v) is 16.0. The highest BCUT2D eigenvalue weighted by molar-refractivity contribution is 7.92. The third kappa shape index (κ3) is 5.45. The normalized spacial score (nSPS) is 10.8. The lowest BCUT2D eigenvalue weighted by molar-refractivity contribution is 0.0912. The Kier molecular flexibility index (Phi) is 6.40. The lowest BCUT2D eigenvalue weighted by atomic mass is 10.1. The van der Waals surface area contributed by atoms with Crippen LogP contribution < -0.4 is 15.6 Å². The fourth-order valence-electron chi connectivity index (χ4n) is 2.13. The third-order valence-electron chi connectivity index (χ3n) is 3.74. The summed E-state index contributed by atoms with van der Waals surface area (Å²) in [4.78, 5) is 23.2. The highest BCUT2D eigenvalue weighted by Crippen LogP contribution is 2.19. The summed E-state index contributed by atoms with van der Waals surface area (Å²) < 4.78 is 32.0. The maximum atomic E-state index is 12.5. The second kappa shape index (κ2) is 8.54. The van der Waals surface area contributed by atoms with Crippen molar-refractivity contribution in [1.29, 1.82) is 0 Å². The van der Waals surface area contributed by atoms with E-state index in [1.165, 1.54) is 30.3 Å². The number of rotatable bonds is 5. The Bertz CT molecular complexity index is 940. The number of hydrogen-bond donors (Lipinski definition) is 3. The van der Waals surface area contributed by atoms with Gasteiger partial charge in [-0.15, -0.1) is 0 Å². The van der Waals surface area contributed by atoms with Crippen molar-refractivity contribution in [2.24, 2.45) is 0 Å². The van der Waals surface area contributed by atoms with Crippen molar-refractivity contribution < 1.29 is 22.7 Å². The molecular formula is C18H21N3O5S. The van der Waals surface area contributed by atoms with Crippen molar-refractivity contribution in [3.8, 4) is 0 Å². The number of carbonyl (C=O) groups excluding carboxylic acids is 2. The minimum absolute atomic E-state index is 0.158. The molecule has 0 fully saturated rings. The molecule has 2 rings (SSSR count). The van der Waals surface area contributed by atoms with Crippen molar-refractivity contribution in [2.75, 3.05) is 11.3 Å². The lowest BCUT2D eigenvalue weighted by Gasteiger charge is -2.11. The van der Waals surface area contributed by atoms with Crippen molar-refractivity contribution in [2.45, 2.75) is 25.7 Å². The lowest BCUT2D eigenvalue weighted by Crippen LogP contribution is -2.41. The first kappa shape index (κ1) is 20.2. The number of nitrogens with one attached hydrogen (secondary N) is 3. The Morgan fingerprint density at radius 2 is 1.63 bits per heavy atom. The van der Waals surface area contributed by atoms with E-state index in [0.29, 0.717) is 5.69 Å². The molecule has 9 heteroatoms. The van der Waals surface area contributed by atoms with Gasteiger partial charge in [-0.2, -0.15) is 0 Å². The average Bonchev–Trinajstić information content (AvgIpc) is 2.62. The second-order valence-electron chi connectivity index (χ2n) is 5.73. The van der Waals surface area contributed by atoms with Crippen LogP contribution in [0.5, 0.6) is 0 Å². The van der Waals surface area contributed by atoms with Gasteiger partial charge in [0.15, 0.2) is 0 Å². The smallest absolute Gasteiger partial charge is 0.426 e. The fraction of sp³-hybridized carbons (Fsp3) is 0.222. The number of amides is 2. The molecular weight excluding hydrogens is 370 g/mol. The zero-order chi connectivity index (χ0) is 20.0. The molecule has 2 aromatic rings. The average molecular weight is 391 g/mol. The molecule has 0 unspecified atom stereocenters. The van der Waals surface area contributed by atoms with Crippen LogP contribution in [-0.2, 0) is 14.8 Å². The highest BCUT2D eigenvalue weighted by Gasteiger charge is 2.15. The van der Waals surface area contributed by atoms with E-state index in [0.717, 1.165) is 11.1 Å². The molecule has 8 nitrogen and oxygen atoms in total. The van der Waals surface area contributed by atoms with Crippen molar-refractivity contribution >= 4 is 27.7 Å². The van der Waals surface area contributed by atoms with E-state index in [1.54, 1.807) is 19.1 Å². The Morgan fingerprint density at radius 3 is 2.22 bits per heavy atom. The van der Waals surface area contributed by atoms with Crippen LogP contribution in [0.15, 0.2) is 47.4 Å². The van der Waals surface area contributed by atoms with Gasteiger partial charge in [-0.3, -0.25) is 14.9 Å². The van der Waals surface area contributed by atoms with E-state index in [1.807, 2.05) is 13.8 Å². The third-order valence-corrected chi connectivity index (χ3v) is 5.12. The number of hydrazine groups is 1. The maximum absolute atomic E-state index is 12.5. The molecule has 0 aliphatic heterocycles. The molecule has 0 bridgehead atoms. The molecule has 0 radical (unpaired) electrons. The van der Waals surface area contributed by atoms with Crippen LogP contribution >= 0.6 is 0 Å². The number of aryl methyl sites for hydroxylation is 2. The molecule has 0 heterocycles. The van der Waals surface area contributed by atoms with Gasteiger partial charge in [-0.25, -0.2) is 18.6 Å². The summed E-state index contributed by atoms with van der Waals surface area (Å²) >= 11 is 0. The van der Waals surface area contributed by atoms with Crippen LogP contribution in [-0.4, -0.2) is 27.0 Å². The van der Waals surface area contributed by atoms with Crippen LogP contribution in [0.1, 0.15) is 28.4 Å².